The second-order valence-corrected chi connectivity index (χ2v) is 6.14. The number of aliphatic hydroxyl groups excluding tert-OH is 1. The van der Waals surface area contributed by atoms with Crippen LogP contribution in [0, 0.1) is 0 Å². The monoisotopic (exact) mass is 333 g/mol. The summed E-state index contributed by atoms with van der Waals surface area (Å²) in [6.45, 7) is 4.86. The van der Waals surface area contributed by atoms with Crippen LogP contribution in [-0.2, 0) is 0 Å². The second kappa shape index (κ2) is 6.91. The lowest BCUT2D eigenvalue weighted by molar-refractivity contribution is 0.191. The smallest absolute Gasteiger partial charge is 0.0962 e. The van der Waals surface area contributed by atoms with E-state index in [-0.39, 0.29) is 0 Å². The van der Waals surface area contributed by atoms with Crippen LogP contribution in [0.4, 0.5) is 5.69 Å². The molecule has 1 unspecified atom stereocenters. The van der Waals surface area contributed by atoms with Gasteiger partial charge in [0, 0.05) is 16.7 Å². The van der Waals surface area contributed by atoms with Gasteiger partial charge in [-0.1, -0.05) is 54.0 Å². The zero-order chi connectivity index (χ0) is 14.5. The van der Waals surface area contributed by atoms with Crippen LogP contribution in [0.1, 0.15) is 37.0 Å². The minimum Gasteiger partial charge on any atom is -0.387 e. The van der Waals surface area contributed by atoms with E-state index in [1.165, 1.54) is 5.56 Å². The Labute approximate surface area is 129 Å². The lowest BCUT2D eigenvalue weighted by Crippen LogP contribution is -2.12. The molecular weight excluding hydrogens is 314 g/mol. The predicted octanol–water partition coefficient (Wildman–Crippen LogP) is 4.72. The molecule has 0 aliphatic rings. The van der Waals surface area contributed by atoms with Gasteiger partial charge in [0.1, 0.15) is 0 Å². The molecule has 0 saturated heterocycles. The summed E-state index contributed by atoms with van der Waals surface area (Å²) in [5.41, 5.74) is 3.26. The van der Waals surface area contributed by atoms with Gasteiger partial charge in [-0.15, -0.1) is 0 Å². The molecule has 20 heavy (non-hydrogen) atoms. The number of aliphatic hydroxyl groups is 1. The Balaban J connectivity index is 1.94. The summed E-state index contributed by atoms with van der Waals surface area (Å²) in [4.78, 5) is 0. The molecule has 0 spiro atoms. The molecule has 0 fully saturated rings. The van der Waals surface area contributed by atoms with Gasteiger partial charge in [0.15, 0.2) is 0 Å². The number of hydrogen-bond donors (Lipinski definition) is 2. The Kier molecular flexibility index (Phi) is 5.21. The summed E-state index contributed by atoms with van der Waals surface area (Å²) >= 11 is 3.42. The predicted molar refractivity (Wildman–Crippen MR) is 88.1 cm³/mol. The van der Waals surface area contributed by atoms with Crippen molar-refractivity contribution in [3.05, 3.63) is 64.1 Å². The Morgan fingerprint density at radius 2 is 1.75 bits per heavy atom. The topological polar surface area (TPSA) is 32.3 Å². The van der Waals surface area contributed by atoms with Crippen LogP contribution in [-0.4, -0.2) is 11.7 Å². The molecule has 2 rings (SSSR count). The molecule has 106 valence electrons. The average molecular weight is 334 g/mol. The van der Waals surface area contributed by atoms with Gasteiger partial charge in [0.2, 0.25) is 0 Å². The van der Waals surface area contributed by atoms with Crippen LogP contribution in [0.25, 0.3) is 0 Å². The minimum absolute atomic E-state index is 0.497. The third-order valence-electron chi connectivity index (χ3n) is 3.31. The molecule has 0 bridgehead atoms. The van der Waals surface area contributed by atoms with Gasteiger partial charge >= 0.3 is 0 Å². The molecule has 0 radical (unpaired) electrons. The van der Waals surface area contributed by atoms with Gasteiger partial charge in [-0.3, -0.25) is 0 Å². The molecule has 0 aromatic heterocycles. The molecule has 3 heteroatoms. The highest BCUT2D eigenvalue weighted by atomic mass is 79.9. The molecule has 1 atom stereocenters. The fourth-order valence-corrected chi connectivity index (χ4v) is 2.45. The van der Waals surface area contributed by atoms with Crippen LogP contribution in [0.2, 0.25) is 0 Å². The summed E-state index contributed by atoms with van der Waals surface area (Å²) in [5, 5.41) is 13.4. The number of nitrogens with one attached hydrogen (secondary N) is 1. The lowest BCUT2D eigenvalue weighted by atomic mass is 10.0. The average Bonchev–Trinajstić information content (AvgIpc) is 2.45. The van der Waals surface area contributed by atoms with Crippen molar-refractivity contribution in [3.8, 4) is 0 Å². The standard InChI is InChI=1S/C17H20BrNO/c1-12(2)13-6-8-16(9-7-13)19-11-17(20)14-4-3-5-15(18)10-14/h3-10,12,17,19-20H,11H2,1-2H3. The van der Waals surface area contributed by atoms with Gasteiger partial charge in [0.25, 0.3) is 0 Å². The highest BCUT2D eigenvalue weighted by Gasteiger charge is 2.07. The third-order valence-corrected chi connectivity index (χ3v) is 3.80. The molecule has 0 heterocycles. The fourth-order valence-electron chi connectivity index (χ4n) is 2.03. The molecule has 0 aliphatic carbocycles. The SMILES string of the molecule is CC(C)c1ccc(NCC(O)c2cccc(Br)c2)cc1. The molecule has 0 aliphatic heterocycles. The van der Waals surface area contributed by atoms with Crippen molar-refractivity contribution in [3.63, 3.8) is 0 Å². The Hall–Kier alpha value is -1.32. The van der Waals surface area contributed by atoms with Crippen LogP contribution in [0.5, 0.6) is 0 Å². The van der Waals surface area contributed by atoms with Crippen molar-refractivity contribution < 1.29 is 5.11 Å². The minimum atomic E-state index is -0.516. The molecule has 2 aromatic rings. The van der Waals surface area contributed by atoms with Crippen molar-refractivity contribution >= 4 is 21.6 Å². The Morgan fingerprint density at radius 1 is 1.05 bits per heavy atom. The molecular formula is C17H20BrNO. The second-order valence-electron chi connectivity index (χ2n) is 5.23. The van der Waals surface area contributed by atoms with E-state index in [0.29, 0.717) is 12.5 Å². The first-order chi connectivity index (χ1) is 9.56. The summed E-state index contributed by atoms with van der Waals surface area (Å²) in [7, 11) is 0. The van der Waals surface area contributed by atoms with Crippen LogP contribution < -0.4 is 5.32 Å². The van der Waals surface area contributed by atoms with E-state index in [1.54, 1.807) is 0 Å². The Bertz CT molecular complexity index is 551. The third kappa shape index (κ3) is 4.09. The summed E-state index contributed by atoms with van der Waals surface area (Å²) < 4.78 is 0.982. The van der Waals surface area contributed by atoms with E-state index >= 15 is 0 Å². The highest BCUT2D eigenvalue weighted by molar-refractivity contribution is 9.10. The lowest BCUT2D eigenvalue weighted by Gasteiger charge is -2.14. The van der Waals surface area contributed by atoms with Crippen molar-refractivity contribution in [1.82, 2.24) is 0 Å². The van der Waals surface area contributed by atoms with Crippen molar-refractivity contribution in [2.45, 2.75) is 25.9 Å². The molecule has 2 nitrogen and oxygen atoms in total. The summed E-state index contributed by atoms with van der Waals surface area (Å²) in [6.07, 6.45) is -0.516. The molecule has 2 N–H and O–H groups in total. The maximum Gasteiger partial charge on any atom is 0.0962 e. The van der Waals surface area contributed by atoms with E-state index in [0.717, 1.165) is 15.7 Å². The zero-order valence-electron chi connectivity index (χ0n) is 11.8. The van der Waals surface area contributed by atoms with Crippen LogP contribution in [0.3, 0.4) is 0 Å². The molecule has 2 aromatic carbocycles. The maximum absolute atomic E-state index is 10.2. The first-order valence-electron chi connectivity index (χ1n) is 6.83. The number of anilines is 1. The van der Waals surface area contributed by atoms with Crippen LogP contribution in [0.15, 0.2) is 53.0 Å². The van der Waals surface area contributed by atoms with Gasteiger partial charge in [-0.25, -0.2) is 0 Å². The van der Waals surface area contributed by atoms with E-state index in [2.05, 4.69) is 59.4 Å². The van der Waals surface area contributed by atoms with Crippen molar-refractivity contribution in [1.29, 1.82) is 0 Å². The molecule has 0 amide bonds. The summed E-state index contributed by atoms with van der Waals surface area (Å²) in [6, 6.07) is 16.1. The van der Waals surface area contributed by atoms with E-state index in [1.807, 2.05) is 24.3 Å². The number of benzene rings is 2. The van der Waals surface area contributed by atoms with Gasteiger partial charge in [-0.2, -0.15) is 0 Å². The van der Waals surface area contributed by atoms with Gasteiger partial charge < -0.3 is 10.4 Å². The number of hydrogen-bond acceptors (Lipinski definition) is 2. The summed E-state index contributed by atoms with van der Waals surface area (Å²) in [5.74, 6) is 0.538. The molecule has 0 saturated carbocycles. The first-order valence-corrected chi connectivity index (χ1v) is 7.63. The van der Waals surface area contributed by atoms with Crippen molar-refractivity contribution in [2.75, 3.05) is 11.9 Å². The highest BCUT2D eigenvalue weighted by Crippen LogP contribution is 2.20. The number of halogens is 1. The first kappa shape index (κ1) is 15.1. The van der Waals surface area contributed by atoms with Crippen molar-refractivity contribution in [2.24, 2.45) is 0 Å². The largest absolute Gasteiger partial charge is 0.387 e. The van der Waals surface area contributed by atoms with E-state index in [4.69, 9.17) is 0 Å². The fraction of sp³-hybridized carbons (Fsp3) is 0.294. The number of rotatable bonds is 5. The van der Waals surface area contributed by atoms with E-state index in [9.17, 15) is 5.11 Å². The quantitative estimate of drug-likeness (QED) is 0.829. The maximum atomic E-state index is 10.2. The Morgan fingerprint density at radius 3 is 2.35 bits per heavy atom. The van der Waals surface area contributed by atoms with E-state index < -0.39 is 6.10 Å². The zero-order valence-corrected chi connectivity index (χ0v) is 13.4. The van der Waals surface area contributed by atoms with Gasteiger partial charge in [0.05, 0.1) is 6.10 Å². The van der Waals surface area contributed by atoms with Gasteiger partial charge in [-0.05, 0) is 41.3 Å². The van der Waals surface area contributed by atoms with Crippen LogP contribution >= 0.6 is 15.9 Å². The normalized spacial score (nSPS) is 12.4.